The number of aromatic nitrogens is 3. The molecule has 0 aliphatic carbocycles. The maximum absolute atomic E-state index is 5.24. The van der Waals surface area contributed by atoms with Gasteiger partial charge in [0.05, 0.1) is 13.3 Å². The second kappa shape index (κ2) is 7.90. The van der Waals surface area contributed by atoms with Crippen molar-refractivity contribution in [3.05, 3.63) is 54.7 Å². The molecule has 0 saturated carbocycles. The highest BCUT2D eigenvalue weighted by molar-refractivity contribution is 5.62. The van der Waals surface area contributed by atoms with E-state index in [0.717, 1.165) is 30.2 Å². The molecule has 0 spiro atoms. The van der Waals surface area contributed by atoms with Crippen molar-refractivity contribution in [1.82, 2.24) is 15.2 Å². The second-order valence-corrected chi connectivity index (χ2v) is 6.39. The van der Waals surface area contributed by atoms with Gasteiger partial charge in [0.2, 0.25) is 5.95 Å². The number of nitrogens with one attached hydrogen (secondary N) is 2. The lowest BCUT2D eigenvalue weighted by Crippen LogP contribution is -2.17. The summed E-state index contributed by atoms with van der Waals surface area (Å²) in [5, 5.41) is 14.5. The van der Waals surface area contributed by atoms with Crippen LogP contribution in [0.4, 0.5) is 28.8 Å². The molecule has 2 N–H and O–H groups in total. The van der Waals surface area contributed by atoms with E-state index in [4.69, 9.17) is 4.74 Å². The number of hydrogen-bond donors (Lipinski definition) is 2. The molecule has 1 saturated heterocycles. The number of hydrogen-bond acceptors (Lipinski definition) is 7. The van der Waals surface area contributed by atoms with Gasteiger partial charge in [-0.3, -0.25) is 0 Å². The monoisotopic (exact) mass is 362 g/mol. The van der Waals surface area contributed by atoms with Crippen LogP contribution in [-0.4, -0.2) is 35.4 Å². The molecular weight excluding hydrogens is 340 g/mol. The Balaban J connectivity index is 1.44. The van der Waals surface area contributed by atoms with Crippen molar-refractivity contribution in [2.24, 2.45) is 0 Å². The molecule has 3 aromatic rings. The topological polar surface area (TPSA) is 75.2 Å². The summed E-state index contributed by atoms with van der Waals surface area (Å²) in [6, 6.07) is 16.0. The van der Waals surface area contributed by atoms with E-state index in [-0.39, 0.29) is 0 Å². The van der Waals surface area contributed by atoms with Crippen LogP contribution in [0, 0.1) is 0 Å². The van der Waals surface area contributed by atoms with Gasteiger partial charge in [0.25, 0.3) is 0 Å². The first kappa shape index (κ1) is 17.1. The Morgan fingerprint density at radius 3 is 2.56 bits per heavy atom. The number of ether oxygens (including phenoxy) is 1. The van der Waals surface area contributed by atoms with Crippen molar-refractivity contribution in [3.63, 3.8) is 0 Å². The van der Waals surface area contributed by atoms with Gasteiger partial charge >= 0.3 is 0 Å². The predicted molar refractivity (Wildman–Crippen MR) is 107 cm³/mol. The standard InChI is InChI=1S/C20H22N6O/c1-27-18-6-4-5-16(13-18)22-19-14-21-25-20(24-19)23-15-7-9-17(10-8-15)26-11-2-3-12-26/h4-10,13-14H,2-3,11-12H2,1H3,(H2,22,23,24,25). The van der Waals surface area contributed by atoms with Gasteiger partial charge in [0.1, 0.15) is 5.75 Å². The van der Waals surface area contributed by atoms with Crippen LogP contribution in [-0.2, 0) is 0 Å². The Morgan fingerprint density at radius 1 is 0.963 bits per heavy atom. The van der Waals surface area contributed by atoms with Crippen LogP contribution in [0.1, 0.15) is 12.8 Å². The van der Waals surface area contributed by atoms with Gasteiger partial charge in [-0.25, -0.2) is 0 Å². The summed E-state index contributed by atoms with van der Waals surface area (Å²) < 4.78 is 5.24. The molecule has 2 heterocycles. The highest BCUT2D eigenvalue weighted by atomic mass is 16.5. The third kappa shape index (κ3) is 4.25. The van der Waals surface area contributed by atoms with Gasteiger partial charge in [0, 0.05) is 36.2 Å². The molecule has 2 aromatic carbocycles. The summed E-state index contributed by atoms with van der Waals surface area (Å²) in [4.78, 5) is 6.87. The van der Waals surface area contributed by atoms with E-state index in [0.29, 0.717) is 11.8 Å². The maximum atomic E-state index is 5.24. The molecule has 0 amide bonds. The van der Waals surface area contributed by atoms with Crippen LogP contribution < -0.4 is 20.3 Å². The summed E-state index contributed by atoms with van der Waals surface area (Å²) in [6.07, 6.45) is 4.13. The quantitative estimate of drug-likeness (QED) is 0.687. The number of nitrogens with zero attached hydrogens (tertiary/aromatic N) is 4. The molecular formula is C20H22N6O. The summed E-state index contributed by atoms with van der Waals surface area (Å²) in [5.41, 5.74) is 3.06. The Hall–Kier alpha value is -3.35. The zero-order chi connectivity index (χ0) is 18.5. The second-order valence-electron chi connectivity index (χ2n) is 6.39. The van der Waals surface area contributed by atoms with Crippen LogP contribution in [0.15, 0.2) is 54.7 Å². The fraction of sp³-hybridized carbons (Fsp3) is 0.250. The van der Waals surface area contributed by atoms with Gasteiger partial charge < -0.3 is 20.3 Å². The fourth-order valence-corrected chi connectivity index (χ4v) is 3.13. The first-order chi connectivity index (χ1) is 13.3. The van der Waals surface area contributed by atoms with Crippen molar-refractivity contribution in [1.29, 1.82) is 0 Å². The van der Waals surface area contributed by atoms with E-state index < -0.39 is 0 Å². The Morgan fingerprint density at radius 2 is 1.78 bits per heavy atom. The minimum absolute atomic E-state index is 0.441. The largest absolute Gasteiger partial charge is 0.497 e. The summed E-state index contributed by atoms with van der Waals surface area (Å²) >= 11 is 0. The lowest BCUT2D eigenvalue weighted by Gasteiger charge is -2.17. The summed E-state index contributed by atoms with van der Waals surface area (Å²) in [7, 11) is 1.64. The van der Waals surface area contributed by atoms with Crippen molar-refractivity contribution in [2.75, 3.05) is 35.7 Å². The van der Waals surface area contributed by atoms with Crippen LogP contribution >= 0.6 is 0 Å². The van der Waals surface area contributed by atoms with Gasteiger partial charge in [0.15, 0.2) is 5.82 Å². The highest BCUT2D eigenvalue weighted by Crippen LogP contribution is 2.24. The average molecular weight is 362 g/mol. The molecule has 1 fully saturated rings. The minimum Gasteiger partial charge on any atom is -0.497 e. The van der Waals surface area contributed by atoms with Crippen molar-refractivity contribution in [3.8, 4) is 5.75 Å². The molecule has 1 aromatic heterocycles. The van der Waals surface area contributed by atoms with Gasteiger partial charge in [-0.2, -0.15) is 10.1 Å². The molecule has 7 nitrogen and oxygen atoms in total. The summed E-state index contributed by atoms with van der Waals surface area (Å²) in [5.74, 6) is 1.82. The molecule has 0 bridgehead atoms. The minimum atomic E-state index is 0.441. The average Bonchev–Trinajstić information content (AvgIpc) is 3.24. The molecule has 0 atom stereocenters. The molecule has 0 radical (unpaired) electrons. The van der Waals surface area contributed by atoms with Gasteiger partial charge in [-0.05, 0) is 49.2 Å². The summed E-state index contributed by atoms with van der Waals surface area (Å²) in [6.45, 7) is 2.27. The van der Waals surface area contributed by atoms with Crippen LogP contribution in [0.2, 0.25) is 0 Å². The molecule has 1 aliphatic heterocycles. The zero-order valence-corrected chi connectivity index (χ0v) is 15.2. The Bertz CT molecular complexity index is 893. The first-order valence-corrected chi connectivity index (χ1v) is 9.03. The van der Waals surface area contributed by atoms with Crippen LogP contribution in [0.25, 0.3) is 0 Å². The van der Waals surface area contributed by atoms with Crippen molar-refractivity contribution >= 4 is 28.8 Å². The molecule has 27 heavy (non-hydrogen) atoms. The lowest BCUT2D eigenvalue weighted by atomic mass is 10.2. The predicted octanol–water partition coefficient (Wildman–Crippen LogP) is 3.97. The van der Waals surface area contributed by atoms with Gasteiger partial charge in [-0.1, -0.05) is 6.07 Å². The van der Waals surface area contributed by atoms with Crippen molar-refractivity contribution in [2.45, 2.75) is 12.8 Å². The zero-order valence-electron chi connectivity index (χ0n) is 15.2. The smallest absolute Gasteiger partial charge is 0.249 e. The molecule has 4 rings (SSSR count). The van der Waals surface area contributed by atoms with Crippen LogP contribution in [0.3, 0.4) is 0 Å². The van der Waals surface area contributed by atoms with E-state index >= 15 is 0 Å². The molecule has 0 unspecified atom stereocenters. The number of benzene rings is 2. The van der Waals surface area contributed by atoms with E-state index in [1.165, 1.54) is 18.5 Å². The number of methoxy groups -OCH3 is 1. The number of rotatable bonds is 6. The molecule has 7 heteroatoms. The SMILES string of the molecule is COc1cccc(Nc2cnnc(Nc3ccc(N4CCCC4)cc3)n2)c1. The van der Waals surface area contributed by atoms with E-state index in [2.05, 4.69) is 42.8 Å². The molecule has 138 valence electrons. The van der Waals surface area contributed by atoms with Gasteiger partial charge in [-0.15, -0.1) is 5.10 Å². The van der Waals surface area contributed by atoms with Crippen molar-refractivity contribution < 1.29 is 4.74 Å². The third-order valence-corrected chi connectivity index (χ3v) is 4.50. The van der Waals surface area contributed by atoms with E-state index in [1.807, 2.05) is 36.4 Å². The van der Waals surface area contributed by atoms with E-state index in [1.54, 1.807) is 13.3 Å². The maximum Gasteiger partial charge on any atom is 0.249 e. The highest BCUT2D eigenvalue weighted by Gasteiger charge is 2.12. The third-order valence-electron chi connectivity index (χ3n) is 4.50. The first-order valence-electron chi connectivity index (χ1n) is 9.03. The van der Waals surface area contributed by atoms with Crippen LogP contribution in [0.5, 0.6) is 5.75 Å². The number of anilines is 5. The lowest BCUT2D eigenvalue weighted by molar-refractivity contribution is 0.415. The molecule has 1 aliphatic rings. The fourth-order valence-electron chi connectivity index (χ4n) is 3.13. The van der Waals surface area contributed by atoms with E-state index in [9.17, 15) is 0 Å². The Kier molecular flexibility index (Phi) is 5.00. The Labute approximate surface area is 158 Å². The normalized spacial score (nSPS) is 13.4.